The normalized spacial score (nSPS) is 12.6. The molecule has 3 aromatic rings. The second-order valence-corrected chi connectivity index (χ2v) is 5.56. The van der Waals surface area contributed by atoms with E-state index in [9.17, 15) is 4.79 Å². The van der Waals surface area contributed by atoms with Gasteiger partial charge in [-0.25, -0.2) is 0 Å². The minimum absolute atomic E-state index is 0.114. The lowest BCUT2D eigenvalue weighted by Gasteiger charge is -2.05. The first-order chi connectivity index (χ1) is 9.27. The number of hydrogen-bond acceptors (Lipinski definition) is 1. The quantitative estimate of drug-likeness (QED) is 0.455. The summed E-state index contributed by atoms with van der Waals surface area (Å²) in [6, 6.07) is 18.1. The number of ketones is 1. The van der Waals surface area contributed by atoms with Gasteiger partial charge in [-0.3, -0.25) is 4.79 Å². The summed E-state index contributed by atoms with van der Waals surface area (Å²) in [7, 11) is 0. The summed E-state index contributed by atoms with van der Waals surface area (Å²) in [6.07, 6.45) is 0. The standard InChI is InChI=1S/C17H9BrO/c18-14-7-3-6-12-15-11-5-2-1-4-10(11)8-9-13(15)17(19)16(12)14/h1-9H. The largest absolute Gasteiger partial charge is 0.289 e. The van der Waals surface area contributed by atoms with Gasteiger partial charge in [0, 0.05) is 21.2 Å². The van der Waals surface area contributed by atoms with Gasteiger partial charge >= 0.3 is 0 Å². The molecule has 0 atom stereocenters. The zero-order valence-electron chi connectivity index (χ0n) is 9.98. The Kier molecular flexibility index (Phi) is 2.18. The lowest BCUT2D eigenvalue weighted by molar-refractivity contribution is 0.104. The van der Waals surface area contributed by atoms with Crippen LogP contribution >= 0.6 is 15.9 Å². The third-order valence-corrected chi connectivity index (χ3v) is 4.34. The van der Waals surface area contributed by atoms with E-state index in [0.29, 0.717) is 0 Å². The van der Waals surface area contributed by atoms with E-state index in [1.165, 1.54) is 5.39 Å². The zero-order chi connectivity index (χ0) is 13.0. The number of fused-ring (bicyclic) bond motifs is 5. The van der Waals surface area contributed by atoms with E-state index in [-0.39, 0.29) is 5.78 Å². The van der Waals surface area contributed by atoms with E-state index >= 15 is 0 Å². The first kappa shape index (κ1) is 10.9. The molecule has 0 fully saturated rings. The molecule has 0 aromatic heterocycles. The molecule has 1 aliphatic rings. The summed E-state index contributed by atoms with van der Waals surface area (Å²) in [4.78, 5) is 12.5. The molecule has 90 valence electrons. The fourth-order valence-electron chi connectivity index (χ4n) is 2.85. The number of carbonyl (C=O) groups is 1. The van der Waals surface area contributed by atoms with Crippen LogP contribution in [0.25, 0.3) is 21.9 Å². The van der Waals surface area contributed by atoms with Crippen molar-refractivity contribution >= 4 is 32.5 Å². The van der Waals surface area contributed by atoms with Crippen molar-refractivity contribution < 1.29 is 4.79 Å². The van der Waals surface area contributed by atoms with Crippen molar-refractivity contribution in [3.05, 3.63) is 70.2 Å². The van der Waals surface area contributed by atoms with Crippen molar-refractivity contribution in [3.63, 3.8) is 0 Å². The Hall–Kier alpha value is -1.93. The third kappa shape index (κ3) is 1.38. The van der Waals surface area contributed by atoms with Gasteiger partial charge in [-0.15, -0.1) is 0 Å². The maximum Gasteiger partial charge on any atom is 0.195 e. The first-order valence-electron chi connectivity index (χ1n) is 6.13. The van der Waals surface area contributed by atoms with Crippen LogP contribution in [0.1, 0.15) is 15.9 Å². The highest BCUT2D eigenvalue weighted by Gasteiger charge is 2.29. The fourth-order valence-corrected chi connectivity index (χ4v) is 3.40. The van der Waals surface area contributed by atoms with E-state index in [2.05, 4.69) is 28.1 Å². The van der Waals surface area contributed by atoms with Crippen LogP contribution in [0.4, 0.5) is 0 Å². The van der Waals surface area contributed by atoms with Crippen molar-refractivity contribution in [2.24, 2.45) is 0 Å². The third-order valence-electron chi connectivity index (χ3n) is 3.68. The van der Waals surface area contributed by atoms with Crippen molar-refractivity contribution in [3.8, 4) is 11.1 Å². The second kappa shape index (κ2) is 3.78. The SMILES string of the molecule is O=C1c2ccc3ccccc3c2-c2cccc(Br)c21. The summed E-state index contributed by atoms with van der Waals surface area (Å²) in [5.41, 5.74) is 3.69. The molecule has 0 spiro atoms. The molecule has 0 unspecified atom stereocenters. The highest BCUT2D eigenvalue weighted by Crippen LogP contribution is 2.43. The van der Waals surface area contributed by atoms with Gasteiger partial charge < -0.3 is 0 Å². The average Bonchev–Trinajstić information content (AvgIpc) is 2.74. The number of hydrogen-bond donors (Lipinski definition) is 0. The predicted octanol–water partition coefficient (Wildman–Crippen LogP) is 4.81. The summed E-state index contributed by atoms with van der Waals surface area (Å²) < 4.78 is 0.871. The summed E-state index contributed by atoms with van der Waals surface area (Å²) in [5, 5.41) is 2.31. The van der Waals surface area contributed by atoms with Crippen LogP contribution in [0.2, 0.25) is 0 Å². The summed E-state index contributed by atoms with van der Waals surface area (Å²) in [6.45, 7) is 0. The van der Waals surface area contributed by atoms with Crippen LogP contribution < -0.4 is 0 Å². The van der Waals surface area contributed by atoms with Gasteiger partial charge in [-0.2, -0.15) is 0 Å². The maximum atomic E-state index is 12.5. The van der Waals surface area contributed by atoms with Crippen LogP contribution in [0.15, 0.2) is 59.1 Å². The first-order valence-corrected chi connectivity index (χ1v) is 6.92. The van der Waals surface area contributed by atoms with E-state index in [0.717, 1.165) is 32.1 Å². The molecule has 0 heterocycles. The molecular formula is C17H9BrO. The monoisotopic (exact) mass is 308 g/mol. The van der Waals surface area contributed by atoms with Crippen LogP contribution in [-0.2, 0) is 0 Å². The van der Waals surface area contributed by atoms with Crippen LogP contribution in [0, 0.1) is 0 Å². The second-order valence-electron chi connectivity index (χ2n) is 4.70. The molecule has 1 aliphatic carbocycles. The Morgan fingerprint density at radius 3 is 2.47 bits per heavy atom. The smallest absolute Gasteiger partial charge is 0.195 e. The number of halogens is 1. The van der Waals surface area contributed by atoms with E-state index in [1.54, 1.807) is 0 Å². The molecule has 3 aromatic carbocycles. The Morgan fingerprint density at radius 1 is 0.737 bits per heavy atom. The Labute approximate surface area is 119 Å². The highest BCUT2D eigenvalue weighted by atomic mass is 79.9. The summed E-state index contributed by atoms with van der Waals surface area (Å²) in [5.74, 6) is 0.114. The van der Waals surface area contributed by atoms with Gasteiger partial charge in [0.05, 0.1) is 0 Å². The van der Waals surface area contributed by atoms with E-state index < -0.39 is 0 Å². The summed E-state index contributed by atoms with van der Waals surface area (Å²) >= 11 is 3.49. The average molecular weight is 309 g/mol. The number of benzene rings is 3. The van der Waals surface area contributed by atoms with Crippen molar-refractivity contribution in [2.45, 2.75) is 0 Å². The molecular weight excluding hydrogens is 300 g/mol. The Bertz CT molecular complexity index is 849. The van der Waals surface area contributed by atoms with Crippen molar-refractivity contribution in [1.29, 1.82) is 0 Å². The minimum Gasteiger partial charge on any atom is -0.289 e. The van der Waals surface area contributed by atoms with Gasteiger partial charge in [-0.1, -0.05) is 58.4 Å². The Morgan fingerprint density at radius 2 is 1.58 bits per heavy atom. The molecule has 0 bridgehead atoms. The molecule has 0 aliphatic heterocycles. The van der Waals surface area contributed by atoms with Crippen molar-refractivity contribution in [1.82, 2.24) is 0 Å². The lowest BCUT2D eigenvalue weighted by Crippen LogP contribution is -1.95. The van der Waals surface area contributed by atoms with E-state index in [4.69, 9.17) is 0 Å². The molecule has 4 rings (SSSR count). The van der Waals surface area contributed by atoms with Gasteiger partial charge in [0.2, 0.25) is 0 Å². The van der Waals surface area contributed by atoms with Gasteiger partial charge in [-0.05, 0) is 28.5 Å². The molecule has 0 N–H and O–H groups in total. The van der Waals surface area contributed by atoms with Crippen LogP contribution in [0.5, 0.6) is 0 Å². The molecule has 0 radical (unpaired) electrons. The fraction of sp³-hybridized carbons (Fsp3) is 0. The minimum atomic E-state index is 0.114. The van der Waals surface area contributed by atoms with Crippen LogP contribution in [0.3, 0.4) is 0 Å². The van der Waals surface area contributed by atoms with Gasteiger partial charge in [0.15, 0.2) is 5.78 Å². The molecule has 0 amide bonds. The molecule has 0 saturated carbocycles. The highest BCUT2D eigenvalue weighted by molar-refractivity contribution is 9.10. The van der Waals surface area contributed by atoms with Gasteiger partial charge in [0.1, 0.15) is 0 Å². The zero-order valence-corrected chi connectivity index (χ0v) is 11.6. The van der Waals surface area contributed by atoms with Crippen molar-refractivity contribution in [2.75, 3.05) is 0 Å². The molecule has 19 heavy (non-hydrogen) atoms. The topological polar surface area (TPSA) is 17.1 Å². The van der Waals surface area contributed by atoms with Gasteiger partial charge in [0.25, 0.3) is 0 Å². The molecule has 0 saturated heterocycles. The Balaban J connectivity index is 2.22. The van der Waals surface area contributed by atoms with E-state index in [1.807, 2.05) is 42.5 Å². The maximum absolute atomic E-state index is 12.5. The predicted molar refractivity (Wildman–Crippen MR) is 80.5 cm³/mol. The van der Waals surface area contributed by atoms with Crippen LogP contribution in [-0.4, -0.2) is 5.78 Å². The number of rotatable bonds is 0. The lowest BCUT2D eigenvalue weighted by atomic mass is 9.98. The number of carbonyl (C=O) groups excluding carboxylic acids is 1. The molecule has 2 heteroatoms. The molecule has 1 nitrogen and oxygen atoms in total.